The molecule has 0 amide bonds. The van der Waals surface area contributed by atoms with Gasteiger partial charge in [-0.25, -0.2) is 0 Å². The summed E-state index contributed by atoms with van der Waals surface area (Å²) in [6, 6.07) is 21.5. The van der Waals surface area contributed by atoms with Gasteiger partial charge in [0.1, 0.15) is 5.75 Å². The highest BCUT2D eigenvalue weighted by Gasteiger charge is 2.05. The Labute approximate surface area is 106 Å². The van der Waals surface area contributed by atoms with Crippen LogP contribution in [0.5, 0.6) is 5.75 Å². The third-order valence-electron chi connectivity index (χ3n) is 2.95. The first-order valence-corrected chi connectivity index (χ1v) is 5.87. The topological polar surface area (TPSA) is 25.2 Å². The summed E-state index contributed by atoms with van der Waals surface area (Å²) in [5.74, 6) is 0.288. The molecule has 3 aromatic rings. The van der Waals surface area contributed by atoms with E-state index in [9.17, 15) is 5.11 Å². The molecule has 2 heteroatoms. The monoisotopic (exact) mass is 235 g/mol. The first-order valence-electron chi connectivity index (χ1n) is 5.87. The molecule has 1 aromatic heterocycles. The maximum atomic E-state index is 9.33. The Hall–Kier alpha value is -2.48. The molecule has 0 aliphatic rings. The largest absolute Gasteiger partial charge is 0.508 e. The highest BCUT2D eigenvalue weighted by Crippen LogP contribution is 2.25. The number of phenolic OH excluding ortho intramolecular Hbond substituents is 1. The van der Waals surface area contributed by atoms with Crippen molar-refractivity contribution < 1.29 is 5.11 Å². The maximum Gasteiger partial charge on any atom is 0.115 e. The zero-order chi connectivity index (χ0) is 12.4. The second-order valence-electron chi connectivity index (χ2n) is 4.15. The van der Waals surface area contributed by atoms with Gasteiger partial charge in [-0.3, -0.25) is 0 Å². The smallest absolute Gasteiger partial charge is 0.115 e. The van der Waals surface area contributed by atoms with E-state index in [1.807, 2.05) is 42.6 Å². The van der Waals surface area contributed by atoms with Crippen LogP contribution in [0.2, 0.25) is 0 Å². The van der Waals surface area contributed by atoms with E-state index in [2.05, 4.69) is 22.8 Å². The fourth-order valence-corrected chi connectivity index (χ4v) is 2.06. The molecule has 1 heterocycles. The van der Waals surface area contributed by atoms with Crippen LogP contribution in [0.4, 0.5) is 0 Å². The second kappa shape index (κ2) is 4.41. The molecule has 0 radical (unpaired) electrons. The van der Waals surface area contributed by atoms with Crippen LogP contribution >= 0.6 is 0 Å². The average Bonchev–Trinajstić information content (AvgIpc) is 2.90. The molecule has 2 nitrogen and oxygen atoms in total. The lowest BCUT2D eigenvalue weighted by Gasteiger charge is -2.09. The van der Waals surface area contributed by atoms with E-state index in [1.54, 1.807) is 12.1 Å². The minimum absolute atomic E-state index is 0.288. The highest BCUT2D eigenvalue weighted by atomic mass is 16.3. The molecule has 0 aliphatic heterocycles. The Kier molecular flexibility index (Phi) is 2.61. The third-order valence-corrected chi connectivity index (χ3v) is 2.95. The number of hydrogen-bond donors (Lipinski definition) is 1. The Balaban J connectivity index is 2.10. The van der Waals surface area contributed by atoms with Gasteiger partial charge in [0.05, 0.1) is 5.69 Å². The maximum absolute atomic E-state index is 9.33. The quantitative estimate of drug-likeness (QED) is 0.717. The number of nitrogens with zero attached hydrogens (tertiary/aromatic N) is 1. The van der Waals surface area contributed by atoms with E-state index in [0.29, 0.717) is 0 Å². The Morgan fingerprint density at radius 1 is 0.722 bits per heavy atom. The lowest BCUT2D eigenvalue weighted by atomic mass is 10.1. The fourth-order valence-electron chi connectivity index (χ4n) is 2.06. The summed E-state index contributed by atoms with van der Waals surface area (Å²) in [6.07, 6.45) is 2.04. The molecule has 0 atom stereocenters. The minimum Gasteiger partial charge on any atom is -0.508 e. The molecule has 88 valence electrons. The van der Waals surface area contributed by atoms with Crippen LogP contribution < -0.4 is 0 Å². The summed E-state index contributed by atoms with van der Waals surface area (Å²) in [5, 5.41) is 9.33. The molecule has 0 bridgehead atoms. The van der Waals surface area contributed by atoms with Gasteiger partial charge in [0.25, 0.3) is 0 Å². The van der Waals surface area contributed by atoms with Gasteiger partial charge in [0.15, 0.2) is 0 Å². The molecule has 0 saturated heterocycles. The number of aromatic nitrogens is 1. The summed E-state index contributed by atoms with van der Waals surface area (Å²) in [7, 11) is 0. The standard InChI is InChI=1S/C16H13NO/c18-15-10-8-13(9-11-15)16-7-4-12-17(16)14-5-2-1-3-6-14/h1-12,18H. The van der Waals surface area contributed by atoms with Crippen molar-refractivity contribution in [2.24, 2.45) is 0 Å². The van der Waals surface area contributed by atoms with Crippen molar-refractivity contribution in [2.75, 3.05) is 0 Å². The van der Waals surface area contributed by atoms with Crippen molar-refractivity contribution in [1.29, 1.82) is 0 Å². The number of benzene rings is 2. The normalized spacial score (nSPS) is 10.4. The number of para-hydroxylation sites is 1. The van der Waals surface area contributed by atoms with Crippen molar-refractivity contribution in [1.82, 2.24) is 4.57 Å². The first-order chi connectivity index (χ1) is 8.84. The third kappa shape index (κ3) is 1.89. The molecule has 0 aliphatic carbocycles. The van der Waals surface area contributed by atoms with Crippen LogP contribution in [0.1, 0.15) is 0 Å². The molecule has 0 unspecified atom stereocenters. The molecular formula is C16H13NO. The van der Waals surface area contributed by atoms with Crippen molar-refractivity contribution >= 4 is 0 Å². The number of aromatic hydroxyl groups is 1. The second-order valence-corrected chi connectivity index (χ2v) is 4.15. The van der Waals surface area contributed by atoms with E-state index in [4.69, 9.17) is 0 Å². The van der Waals surface area contributed by atoms with Crippen LogP contribution in [0.15, 0.2) is 72.9 Å². The van der Waals surface area contributed by atoms with E-state index >= 15 is 0 Å². The van der Waals surface area contributed by atoms with Gasteiger partial charge in [-0.1, -0.05) is 18.2 Å². The number of rotatable bonds is 2. The molecule has 18 heavy (non-hydrogen) atoms. The number of hydrogen-bond acceptors (Lipinski definition) is 1. The van der Waals surface area contributed by atoms with Crippen LogP contribution in [0.25, 0.3) is 16.9 Å². The van der Waals surface area contributed by atoms with Crippen molar-refractivity contribution in [3.05, 3.63) is 72.9 Å². The predicted molar refractivity (Wildman–Crippen MR) is 72.9 cm³/mol. The zero-order valence-electron chi connectivity index (χ0n) is 9.82. The van der Waals surface area contributed by atoms with Gasteiger partial charge in [0, 0.05) is 11.9 Å². The summed E-state index contributed by atoms with van der Waals surface area (Å²) in [6.45, 7) is 0. The Morgan fingerprint density at radius 2 is 1.44 bits per heavy atom. The molecule has 3 rings (SSSR count). The first kappa shape index (κ1) is 10.7. The Morgan fingerprint density at radius 3 is 2.17 bits per heavy atom. The van der Waals surface area contributed by atoms with Crippen molar-refractivity contribution in [3.63, 3.8) is 0 Å². The molecular weight excluding hydrogens is 222 g/mol. The predicted octanol–water partition coefficient (Wildman–Crippen LogP) is 3.85. The molecule has 0 saturated carbocycles. The molecule has 0 fully saturated rings. The van der Waals surface area contributed by atoms with E-state index in [1.165, 1.54) is 0 Å². The van der Waals surface area contributed by atoms with Crippen molar-refractivity contribution in [3.8, 4) is 22.7 Å². The molecule has 2 aromatic carbocycles. The number of phenols is 1. The molecule has 1 N–H and O–H groups in total. The van der Waals surface area contributed by atoms with E-state index in [0.717, 1.165) is 16.9 Å². The van der Waals surface area contributed by atoms with Gasteiger partial charge >= 0.3 is 0 Å². The van der Waals surface area contributed by atoms with Crippen LogP contribution in [-0.2, 0) is 0 Å². The average molecular weight is 235 g/mol. The van der Waals surface area contributed by atoms with E-state index in [-0.39, 0.29) is 5.75 Å². The lowest BCUT2D eigenvalue weighted by Crippen LogP contribution is -1.94. The SMILES string of the molecule is Oc1ccc(-c2cccn2-c2ccccc2)cc1. The Bertz CT molecular complexity index is 638. The van der Waals surface area contributed by atoms with Crippen LogP contribution in [-0.4, -0.2) is 9.67 Å². The van der Waals surface area contributed by atoms with Crippen molar-refractivity contribution in [2.45, 2.75) is 0 Å². The van der Waals surface area contributed by atoms with Crippen LogP contribution in [0, 0.1) is 0 Å². The summed E-state index contributed by atoms with van der Waals surface area (Å²) in [5.41, 5.74) is 3.33. The summed E-state index contributed by atoms with van der Waals surface area (Å²) < 4.78 is 2.13. The zero-order valence-corrected chi connectivity index (χ0v) is 9.82. The fraction of sp³-hybridized carbons (Fsp3) is 0. The van der Waals surface area contributed by atoms with Gasteiger partial charge in [0.2, 0.25) is 0 Å². The van der Waals surface area contributed by atoms with Gasteiger partial charge in [-0.15, -0.1) is 0 Å². The molecule has 0 spiro atoms. The summed E-state index contributed by atoms with van der Waals surface area (Å²) in [4.78, 5) is 0. The lowest BCUT2D eigenvalue weighted by molar-refractivity contribution is 0.475. The van der Waals surface area contributed by atoms with E-state index < -0.39 is 0 Å². The summed E-state index contributed by atoms with van der Waals surface area (Å²) >= 11 is 0. The van der Waals surface area contributed by atoms with Crippen LogP contribution in [0.3, 0.4) is 0 Å². The van der Waals surface area contributed by atoms with Gasteiger partial charge in [-0.2, -0.15) is 0 Å². The van der Waals surface area contributed by atoms with Gasteiger partial charge < -0.3 is 9.67 Å². The highest BCUT2D eigenvalue weighted by molar-refractivity contribution is 5.63. The minimum atomic E-state index is 0.288. The van der Waals surface area contributed by atoms with Gasteiger partial charge in [-0.05, 0) is 54.1 Å².